The number of nitrogens with zero attached hydrogens (tertiary/aromatic N) is 2. The van der Waals surface area contributed by atoms with Crippen LogP contribution in [-0.2, 0) is 6.54 Å². The number of para-hydroxylation sites is 1. The van der Waals surface area contributed by atoms with Crippen molar-refractivity contribution >= 4 is 38.4 Å². The van der Waals surface area contributed by atoms with Crippen molar-refractivity contribution in [2.75, 3.05) is 5.32 Å². The highest BCUT2D eigenvalue weighted by Crippen LogP contribution is 2.29. The van der Waals surface area contributed by atoms with E-state index in [1.165, 1.54) is 0 Å². The van der Waals surface area contributed by atoms with Crippen LogP contribution in [0, 0.1) is 0 Å². The van der Waals surface area contributed by atoms with Crippen LogP contribution in [0.25, 0.3) is 22.3 Å². The normalized spacial score (nSPS) is 11.1. The number of carbonyl (C=O) groups is 1. The molecule has 2 aromatic carbocycles. The van der Waals surface area contributed by atoms with Crippen molar-refractivity contribution in [2.24, 2.45) is 0 Å². The first-order chi connectivity index (χ1) is 14.1. The molecule has 2 heterocycles. The molecule has 0 saturated heterocycles. The Hall–Kier alpha value is -3.13. The maximum atomic E-state index is 13.2. The Kier molecular flexibility index (Phi) is 5.35. The molecule has 0 aliphatic heterocycles. The fourth-order valence-electron chi connectivity index (χ4n) is 3.31. The lowest BCUT2D eigenvalue weighted by Crippen LogP contribution is -2.17. The number of aromatic amines is 1. The second-order valence-corrected chi connectivity index (χ2v) is 7.60. The van der Waals surface area contributed by atoms with E-state index in [1.54, 1.807) is 12.1 Å². The summed E-state index contributed by atoms with van der Waals surface area (Å²) >= 11 is 3.41. The van der Waals surface area contributed by atoms with Crippen molar-refractivity contribution in [1.29, 1.82) is 0 Å². The summed E-state index contributed by atoms with van der Waals surface area (Å²) in [5, 5.41) is 7.71. The minimum Gasteiger partial charge on any atom is -0.336 e. The van der Waals surface area contributed by atoms with Gasteiger partial charge in [0.05, 0.1) is 5.69 Å². The predicted octanol–water partition coefficient (Wildman–Crippen LogP) is 4.80. The summed E-state index contributed by atoms with van der Waals surface area (Å²) in [5.74, 6) is -0.637. The van der Waals surface area contributed by atoms with Crippen molar-refractivity contribution in [3.63, 3.8) is 0 Å². The lowest BCUT2D eigenvalue weighted by atomic mass is 10.1. The summed E-state index contributed by atoms with van der Waals surface area (Å²) in [5.41, 5.74) is 2.69. The molecule has 29 heavy (non-hydrogen) atoms. The number of amides is 1. The monoisotopic (exact) mass is 454 g/mol. The molecule has 4 rings (SSSR count). The molecule has 0 aliphatic carbocycles. The summed E-state index contributed by atoms with van der Waals surface area (Å²) in [6.45, 7) is 2.88. The number of anilines is 1. The highest BCUT2D eigenvalue weighted by molar-refractivity contribution is 9.10. The van der Waals surface area contributed by atoms with Gasteiger partial charge in [0.2, 0.25) is 0 Å². The number of benzene rings is 2. The van der Waals surface area contributed by atoms with E-state index in [-0.39, 0.29) is 11.7 Å². The molecule has 2 N–H and O–H groups in total. The quantitative estimate of drug-likeness (QED) is 0.437. The number of unbranched alkanes of at least 4 members (excludes halogenated alkanes) is 1. The minimum atomic E-state index is -0.656. The molecule has 7 nitrogen and oxygen atoms in total. The Morgan fingerprint density at radius 3 is 2.83 bits per heavy atom. The van der Waals surface area contributed by atoms with Gasteiger partial charge in [-0.15, -0.1) is 0 Å². The lowest BCUT2D eigenvalue weighted by Gasteiger charge is -2.12. The first kappa shape index (κ1) is 19.2. The second kappa shape index (κ2) is 8.08. The van der Waals surface area contributed by atoms with Crippen LogP contribution < -0.4 is 11.1 Å². The number of H-pyrrole nitrogens is 1. The molecular formula is C21H19BrN4O3. The summed E-state index contributed by atoms with van der Waals surface area (Å²) in [4.78, 5) is 27.1. The molecule has 0 unspecified atom stereocenters. The average Bonchev–Trinajstić information content (AvgIpc) is 3.31. The molecular weight excluding hydrogens is 436 g/mol. The number of aromatic nitrogens is 3. The van der Waals surface area contributed by atoms with Crippen LogP contribution in [-0.4, -0.2) is 20.6 Å². The first-order valence-electron chi connectivity index (χ1n) is 9.32. The van der Waals surface area contributed by atoms with Crippen LogP contribution in [0.4, 0.5) is 5.69 Å². The standard InChI is InChI=1S/C21H19BrN4O3/c1-2-3-10-26-17-7-5-4-6-13(17)11-18(26)20(27)23-16-9-8-14(22)12-15(16)19-24-21(28)29-25-19/h4-9,11-12H,2-3,10H2,1H3,(H,23,27)(H,24,25,28). The summed E-state index contributed by atoms with van der Waals surface area (Å²) in [6, 6.07) is 15.2. The van der Waals surface area contributed by atoms with E-state index in [0.29, 0.717) is 16.9 Å². The molecule has 0 aliphatic rings. The number of halogens is 1. The third-order valence-corrected chi connectivity index (χ3v) is 5.20. The Morgan fingerprint density at radius 1 is 1.24 bits per heavy atom. The number of fused-ring (bicyclic) bond motifs is 1. The van der Waals surface area contributed by atoms with Gasteiger partial charge in [0.15, 0.2) is 5.82 Å². The Balaban J connectivity index is 1.73. The van der Waals surface area contributed by atoms with Gasteiger partial charge >= 0.3 is 5.76 Å². The lowest BCUT2D eigenvalue weighted by molar-refractivity contribution is 0.101. The van der Waals surface area contributed by atoms with Crippen LogP contribution in [0.1, 0.15) is 30.3 Å². The van der Waals surface area contributed by atoms with Crippen molar-refractivity contribution in [3.05, 3.63) is 69.2 Å². The maximum absolute atomic E-state index is 13.2. The van der Waals surface area contributed by atoms with E-state index < -0.39 is 5.76 Å². The van der Waals surface area contributed by atoms with Crippen LogP contribution in [0.3, 0.4) is 0 Å². The van der Waals surface area contributed by atoms with Gasteiger partial charge in [0, 0.05) is 27.5 Å². The Labute approximate surface area is 174 Å². The average molecular weight is 455 g/mol. The molecule has 0 fully saturated rings. The van der Waals surface area contributed by atoms with E-state index in [9.17, 15) is 9.59 Å². The number of hydrogen-bond donors (Lipinski definition) is 2. The molecule has 0 spiro atoms. The van der Waals surface area contributed by atoms with Crippen molar-refractivity contribution in [3.8, 4) is 11.4 Å². The van der Waals surface area contributed by atoms with Gasteiger partial charge in [-0.05, 0) is 36.8 Å². The molecule has 0 radical (unpaired) electrons. The predicted molar refractivity (Wildman–Crippen MR) is 115 cm³/mol. The summed E-state index contributed by atoms with van der Waals surface area (Å²) < 4.78 is 7.44. The van der Waals surface area contributed by atoms with Gasteiger partial charge in [-0.3, -0.25) is 14.3 Å². The molecule has 8 heteroatoms. The number of rotatable bonds is 6. The van der Waals surface area contributed by atoms with Crippen molar-refractivity contribution in [2.45, 2.75) is 26.3 Å². The van der Waals surface area contributed by atoms with Crippen LogP contribution in [0.15, 0.2) is 62.3 Å². The molecule has 2 aromatic heterocycles. The fraction of sp³-hybridized carbons (Fsp3) is 0.190. The summed E-state index contributed by atoms with van der Waals surface area (Å²) in [7, 11) is 0. The molecule has 148 valence electrons. The topological polar surface area (TPSA) is 92.9 Å². The van der Waals surface area contributed by atoms with E-state index in [4.69, 9.17) is 0 Å². The number of aryl methyl sites for hydroxylation is 1. The van der Waals surface area contributed by atoms with Gasteiger partial charge in [-0.1, -0.05) is 52.6 Å². The Bertz CT molecular complexity index is 1240. The third kappa shape index (κ3) is 3.88. The van der Waals surface area contributed by atoms with E-state index in [2.05, 4.69) is 42.8 Å². The van der Waals surface area contributed by atoms with Gasteiger partial charge in [-0.25, -0.2) is 4.79 Å². The van der Waals surface area contributed by atoms with Crippen molar-refractivity contribution in [1.82, 2.24) is 14.7 Å². The van der Waals surface area contributed by atoms with E-state index in [1.807, 2.05) is 41.0 Å². The van der Waals surface area contributed by atoms with Gasteiger partial charge in [0.25, 0.3) is 5.91 Å². The number of carbonyl (C=O) groups excluding carboxylic acids is 1. The van der Waals surface area contributed by atoms with E-state index >= 15 is 0 Å². The SMILES string of the molecule is CCCCn1c(C(=O)Nc2ccc(Br)cc2-c2noc(=O)[nH]2)cc2ccccc21. The van der Waals surface area contributed by atoms with Gasteiger partial charge < -0.3 is 9.88 Å². The van der Waals surface area contributed by atoms with Crippen LogP contribution in [0.2, 0.25) is 0 Å². The molecule has 0 bridgehead atoms. The smallest absolute Gasteiger partial charge is 0.336 e. The van der Waals surface area contributed by atoms with E-state index in [0.717, 1.165) is 34.8 Å². The summed E-state index contributed by atoms with van der Waals surface area (Å²) in [6.07, 6.45) is 2.01. The van der Waals surface area contributed by atoms with Gasteiger partial charge in [0.1, 0.15) is 5.69 Å². The fourth-order valence-corrected chi connectivity index (χ4v) is 3.67. The van der Waals surface area contributed by atoms with Crippen LogP contribution >= 0.6 is 15.9 Å². The zero-order valence-electron chi connectivity index (χ0n) is 15.7. The maximum Gasteiger partial charge on any atom is 0.439 e. The molecule has 1 amide bonds. The highest BCUT2D eigenvalue weighted by Gasteiger charge is 2.18. The second-order valence-electron chi connectivity index (χ2n) is 6.68. The van der Waals surface area contributed by atoms with Gasteiger partial charge in [-0.2, -0.15) is 0 Å². The zero-order valence-corrected chi connectivity index (χ0v) is 17.3. The largest absolute Gasteiger partial charge is 0.439 e. The third-order valence-electron chi connectivity index (χ3n) is 4.70. The Morgan fingerprint density at radius 2 is 2.07 bits per heavy atom. The number of nitrogens with one attached hydrogen (secondary N) is 2. The van der Waals surface area contributed by atoms with Crippen molar-refractivity contribution < 1.29 is 9.32 Å². The number of hydrogen-bond acceptors (Lipinski definition) is 4. The highest BCUT2D eigenvalue weighted by atomic mass is 79.9. The minimum absolute atomic E-state index is 0.230. The zero-order chi connectivity index (χ0) is 20.4. The molecule has 4 aromatic rings. The molecule has 0 saturated carbocycles. The molecule has 0 atom stereocenters. The first-order valence-corrected chi connectivity index (χ1v) is 10.1. The van der Waals surface area contributed by atoms with Crippen LogP contribution in [0.5, 0.6) is 0 Å².